The molecule has 0 aromatic rings. The van der Waals surface area contributed by atoms with Gasteiger partial charge in [0.2, 0.25) is 4.57 Å². The van der Waals surface area contributed by atoms with Gasteiger partial charge < -0.3 is 0 Å². The summed E-state index contributed by atoms with van der Waals surface area (Å²) >= 11 is 3.36. The van der Waals surface area contributed by atoms with Crippen molar-refractivity contribution in [3.63, 3.8) is 0 Å². The van der Waals surface area contributed by atoms with E-state index >= 15 is 0 Å². The molecular formula is C6H11BrN4. The van der Waals surface area contributed by atoms with Crippen molar-refractivity contribution in [3.05, 3.63) is 0 Å². The minimum absolute atomic E-state index is 0.526. The predicted molar refractivity (Wildman–Crippen MR) is 45.5 cm³/mol. The Morgan fingerprint density at radius 3 is 2.36 bits per heavy atom. The monoisotopic (exact) mass is 218 g/mol. The van der Waals surface area contributed by atoms with Gasteiger partial charge in [0.25, 0.3) is 0 Å². The fourth-order valence-corrected chi connectivity index (χ4v) is 1.32. The fraction of sp³-hybridized carbons (Fsp3) is 1.00. The van der Waals surface area contributed by atoms with E-state index in [0.717, 1.165) is 12.8 Å². The summed E-state index contributed by atoms with van der Waals surface area (Å²) in [5.41, 5.74) is 0. The van der Waals surface area contributed by atoms with Crippen molar-refractivity contribution in [2.75, 3.05) is 0 Å². The molecule has 11 heavy (non-hydrogen) atoms. The normalized spacial score (nSPS) is 19.5. The molecule has 0 atom stereocenters. The Hall–Kier alpha value is -0.320. The summed E-state index contributed by atoms with van der Waals surface area (Å²) in [5.74, 6) is 0. The van der Waals surface area contributed by atoms with Gasteiger partial charge in [-0.1, -0.05) is 19.8 Å². The molecule has 5 heteroatoms. The molecule has 0 bridgehead atoms. The van der Waals surface area contributed by atoms with Crippen LogP contribution in [0.4, 0.5) is 0 Å². The van der Waals surface area contributed by atoms with E-state index in [-0.39, 0.29) is 0 Å². The SMILES string of the molecule is CCCCCC1(Br)N=NN=N1. The Balaban J connectivity index is 2.25. The highest BCUT2D eigenvalue weighted by Crippen LogP contribution is 2.32. The van der Waals surface area contributed by atoms with Gasteiger partial charge in [-0.05, 0) is 32.8 Å². The number of rotatable bonds is 4. The molecule has 0 N–H and O–H groups in total. The van der Waals surface area contributed by atoms with Crippen molar-refractivity contribution >= 4 is 15.9 Å². The Morgan fingerprint density at radius 2 is 1.82 bits per heavy atom. The smallest absolute Gasteiger partial charge is 0.123 e. The average molecular weight is 219 g/mol. The van der Waals surface area contributed by atoms with Gasteiger partial charge in [0, 0.05) is 6.42 Å². The minimum Gasteiger partial charge on any atom is -0.123 e. The third-order valence-electron chi connectivity index (χ3n) is 1.53. The Bertz CT molecular complexity index is 165. The summed E-state index contributed by atoms with van der Waals surface area (Å²) in [5, 5.41) is 14.6. The predicted octanol–water partition coefficient (Wildman–Crippen LogP) is 3.45. The average Bonchev–Trinajstić information content (AvgIpc) is 2.38. The zero-order chi connectivity index (χ0) is 8.16. The lowest BCUT2D eigenvalue weighted by Crippen LogP contribution is -2.10. The van der Waals surface area contributed by atoms with Gasteiger partial charge in [0.1, 0.15) is 0 Å². The molecule has 0 aromatic heterocycles. The lowest BCUT2D eigenvalue weighted by Gasteiger charge is -2.09. The summed E-state index contributed by atoms with van der Waals surface area (Å²) < 4.78 is -0.526. The standard InChI is InChI=1S/C6H11BrN4/c1-2-3-4-5-6(7)8-10-11-9-6/h2-5H2,1H3. The summed E-state index contributed by atoms with van der Waals surface area (Å²) in [4.78, 5) is 0. The zero-order valence-electron chi connectivity index (χ0n) is 6.50. The summed E-state index contributed by atoms with van der Waals surface area (Å²) in [6.45, 7) is 2.17. The van der Waals surface area contributed by atoms with Gasteiger partial charge in [-0.25, -0.2) is 0 Å². The largest absolute Gasteiger partial charge is 0.248 e. The Morgan fingerprint density at radius 1 is 1.18 bits per heavy atom. The van der Waals surface area contributed by atoms with E-state index in [2.05, 4.69) is 43.5 Å². The van der Waals surface area contributed by atoms with E-state index in [1.165, 1.54) is 12.8 Å². The van der Waals surface area contributed by atoms with Crippen LogP contribution in [0.15, 0.2) is 20.7 Å². The van der Waals surface area contributed by atoms with E-state index in [0.29, 0.717) is 0 Å². The van der Waals surface area contributed by atoms with Gasteiger partial charge in [-0.15, -0.1) is 10.2 Å². The quantitative estimate of drug-likeness (QED) is 0.395. The zero-order valence-corrected chi connectivity index (χ0v) is 8.08. The van der Waals surface area contributed by atoms with Crippen LogP contribution < -0.4 is 0 Å². The lowest BCUT2D eigenvalue weighted by atomic mass is 10.2. The van der Waals surface area contributed by atoms with Gasteiger partial charge >= 0.3 is 0 Å². The molecule has 0 radical (unpaired) electrons. The molecule has 4 nitrogen and oxygen atoms in total. The van der Waals surface area contributed by atoms with E-state index in [9.17, 15) is 0 Å². The van der Waals surface area contributed by atoms with Crippen LogP contribution in [0.1, 0.15) is 32.6 Å². The Kier molecular flexibility index (Phi) is 3.11. The van der Waals surface area contributed by atoms with Gasteiger partial charge in [0.05, 0.1) is 0 Å². The number of nitrogens with zero attached hydrogens (tertiary/aromatic N) is 4. The van der Waals surface area contributed by atoms with E-state index in [1.807, 2.05) is 0 Å². The van der Waals surface area contributed by atoms with Crippen molar-refractivity contribution in [1.82, 2.24) is 0 Å². The van der Waals surface area contributed by atoms with E-state index in [4.69, 9.17) is 0 Å². The van der Waals surface area contributed by atoms with Gasteiger partial charge in [0.15, 0.2) is 0 Å². The number of unbranched alkanes of at least 4 members (excludes halogenated alkanes) is 2. The first-order chi connectivity index (χ1) is 5.27. The van der Waals surface area contributed by atoms with Gasteiger partial charge in [-0.2, -0.15) is 0 Å². The first kappa shape index (κ1) is 8.77. The van der Waals surface area contributed by atoms with E-state index in [1.54, 1.807) is 0 Å². The van der Waals surface area contributed by atoms with Crippen LogP contribution in [0.5, 0.6) is 0 Å². The summed E-state index contributed by atoms with van der Waals surface area (Å²) in [6.07, 6.45) is 4.41. The lowest BCUT2D eigenvalue weighted by molar-refractivity contribution is 0.543. The highest BCUT2D eigenvalue weighted by molar-refractivity contribution is 9.10. The number of halogens is 1. The maximum Gasteiger partial charge on any atom is 0.248 e. The highest BCUT2D eigenvalue weighted by atomic mass is 79.9. The van der Waals surface area contributed by atoms with Crippen LogP contribution in [0.25, 0.3) is 0 Å². The molecule has 1 aliphatic heterocycles. The molecule has 0 aromatic carbocycles. The maximum atomic E-state index is 3.85. The van der Waals surface area contributed by atoms with Crippen LogP contribution in [-0.4, -0.2) is 4.57 Å². The van der Waals surface area contributed by atoms with E-state index < -0.39 is 4.57 Å². The third-order valence-corrected chi connectivity index (χ3v) is 2.25. The van der Waals surface area contributed by atoms with Crippen molar-refractivity contribution in [2.45, 2.75) is 37.2 Å². The van der Waals surface area contributed by atoms with Crippen LogP contribution in [-0.2, 0) is 0 Å². The second-order valence-electron chi connectivity index (χ2n) is 2.55. The van der Waals surface area contributed by atoms with Crippen molar-refractivity contribution in [2.24, 2.45) is 20.7 Å². The summed E-state index contributed by atoms with van der Waals surface area (Å²) in [7, 11) is 0. The molecule has 1 rings (SSSR count). The second-order valence-corrected chi connectivity index (χ2v) is 3.82. The molecule has 1 heterocycles. The fourth-order valence-electron chi connectivity index (χ4n) is 0.897. The van der Waals surface area contributed by atoms with Crippen LogP contribution >= 0.6 is 15.9 Å². The van der Waals surface area contributed by atoms with Crippen LogP contribution in [0.3, 0.4) is 0 Å². The molecule has 0 saturated heterocycles. The topological polar surface area (TPSA) is 49.4 Å². The van der Waals surface area contributed by atoms with Crippen molar-refractivity contribution < 1.29 is 0 Å². The highest BCUT2D eigenvalue weighted by Gasteiger charge is 2.27. The molecule has 0 aliphatic carbocycles. The molecule has 0 amide bonds. The van der Waals surface area contributed by atoms with Crippen LogP contribution in [0, 0.1) is 0 Å². The molecule has 0 spiro atoms. The second kappa shape index (κ2) is 3.90. The minimum atomic E-state index is -0.526. The van der Waals surface area contributed by atoms with Gasteiger partial charge in [-0.3, -0.25) is 0 Å². The molecular weight excluding hydrogens is 208 g/mol. The molecule has 0 fully saturated rings. The molecule has 0 unspecified atom stereocenters. The number of alkyl halides is 1. The summed E-state index contributed by atoms with van der Waals surface area (Å²) in [6, 6.07) is 0. The first-order valence-electron chi connectivity index (χ1n) is 3.80. The number of hydrogen-bond donors (Lipinski definition) is 0. The molecule has 1 aliphatic rings. The third kappa shape index (κ3) is 2.65. The van der Waals surface area contributed by atoms with Crippen molar-refractivity contribution in [3.8, 4) is 0 Å². The molecule has 0 saturated carbocycles. The Labute approximate surface area is 74.3 Å². The van der Waals surface area contributed by atoms with Crippen molar-refractivity contribution in [1.29, 1.82) is 0 Å². The first-order valence-corrected chi connectivity index (χ1v) is 4.59. The van der Waals surface area contributed by atoms with Crippen LogP contribution in [0.2, 0.25) is 0 Å². The molecule has 62 valence electrons. The number of hydrogen-bond acceptors (Lipinski definition) is 4. The maximum absolute atomic E-state index is 3.85.